The minimum absolute atomic E-state index is 0.217. The molecular weight excluding hydrogens is 228 g/mol. The number of esters is 1. The van der Waals surface area contributed by atoms with E-state index in [1.807, 2.05) is 0 Å². The van der Waals surface area contributed by atoms with Crippen LogP contribution in [0, 0.1) is 0 Å². The average Bonchev–Trinajstić information content (AvgIpc) is 2.27. The maximum absolute atomic E-state index is 11.5. The Morgan fingerprint density at radius 2 is 2.19 bits per heavy atom. The van der Waals surface area contributed by atoms with Crippen molar-refractivity contribution in [1.82, 2.24) is 4.98 Å². The molecule has 0 spiro atoms. The van der Waals surface area contributed by atoms with Crippen LogP contribution in [-0.4, -0.2) is 18.1 Å². The summed E-state index contributed by atoms with van der Waals surface area (Å²) in [6, 6.07) is 5.00. The second-order valence-corrected chi connectivity index (χ2v) is 3.68. The summed E-state index contributed by atoms with van der Waals surface area (Å²) in [7, 11) is 1.30. The van der Waals surface area contributed by atoms with Gasteiger partial charge in [0.05, 0.1) is 7.11 Å². The lowest BCUT2D eigenvalue weighted by Gasteiger charge is -2.06. The number of hydrogen-bond acceptors (Lipinski definition) is 4. The molecular formula is C11H9ClN2O2. The van der Waals surface area contributed by atoms with Gasteiger partial charge in [-0.15, -0.1) is 0 Å². The van der Waals surface area contributed by atoms with Crippen LogP contribution >= 0.6 is 11.6 Å². The number of benzene rings is 1. The summed E-state index contributed by atoms with van der Waals surface area (Å²) >= 11 is 5.88. The first-order valence-corrected chi connectivity index (χ1v) is 4.93. The van der Waals surface area contributed by atoms with E-state index < -0.39 is 5.97 Å². The van der Waals surface area contributed by atoms with E-state index in [9.17, 15) is 4.79 Å². The fourth-order valence-electron chi connectivity index (χ4n) is 1.54. The van der Waals surface area contributed by atoms with E-state index >= 15 is 0 Å². The van der Waals surface area contributed by atoms with Crippen LogP contribution in [0.1, 0.15) is 10.5 Å². The molecule has 5 heteroatoms. The average molecular weight is 237 g/mol. The van der Waals surface area contributed by atoms with E-state index in [4.69, 9.17) is 17.3 Å². The molecule has 1 heterocycles. The smallest absolute Gasteiger partial charge is 0.357 e. The Bertz CT molecular complexity index is 569. The number of pyridine rings is 1. The van der Waals surface area contributed by atoms with Crippen molar-refractivity contribution in [2.24, 2.45) is 0 Å². The maximum Gasteiger partial charge on any atom is 0.357 e. The number of anilines is 1. The fourth-order valence-corrected chi connectivity index (χ4v) is 1.76. The lowest BCUT2D eigenvalue weighted by atomic mass is 10.1. The Morgan fingerprint density at radius 1 is 1.44 bits per heavy atom. The van der Waals surface area contributed by atoms with Crippen LogP contribution in [0.2, 0.25) is 5.02 Å². The van der Waals surface area contributed by atoms with E-state index in [0.29, 0.717) is 16.1 Å². The van der Waals surface area contributed by atoms with Gasteiger partial charge >= 0.3 is 5.97 Å². The van der Waals surface area contributed by atoms with Gasteiger partial charge in [0.15, 0.2) is 5.69 Å². The number of carbonyl (C=O) groups excluding carboxylic acids is 1. The van der Waals surface area contributed by atoms with Gasteiger partial charge in [-0.25, -0.2) is 9.78 Å². The molecule has 2 N–H and O–H groups in total. The number of methoxy groups -OCH3 is 1. The van der Waals surface area contributed by atoms with E-state index in [1.54, 1.807) is 18.2 Å². The zero-order valence-electron chi connectivity index (χ0n) is 8.53. The normalized spacial score (nSPS) is 10.4. The lowest BCUT2D eigenvalue weighted by Crippen LogP contribution is -2.05. The monoisotopic (exact) mass is 236 g/mol. The number of aromatic nitrogens is 1. The largest absolute Gasteiger partial charge is 0.464 e. The molecule has 0 saturated carbocycles. The predicted octanol–water partition coefficient (Wildman–Crippen LogP) is 2.26. The number of hydrogen-bond donors (Lipinski definition) is 1. The number of nitrogen functional groups attached to an aromatic ring is 1. The van der Waals surface area contributed by atoms with Gasteiger partial charge in [-0.3, -0.25) is 0 Å². The zero-order chi connectivity index (χ0) is 11.7. The molecule has 0 bridgehead atoms. The molecule has 1 aromatic heterocycles. The molecule has 0 atom stereocenters. The molecule has 2 aromatic rings. The van der Waals surface area contributed by atoms with Crippen LogP contribution in [0.5, 0.6) is 0 Å². The van der Waals surface area contributed by atoms with Gasteiger partial charge in [0.1, 0.15) is 0 Å². The van der Waals surface area contributed by atoms with Crippen molar-refractivity contribution in [2.45, 2.75) is 0 Å². The number of rotatable bonds is 1. The number of nitrogens with zero attached hydrogens (tertiary/aromatic N) is 1. The molecule has 16 heavy (non-hydrogen) atoms. The number of nitrogens with two attached hydrogens (primary N) is 1. The van der Waals surface area contributed by atoms with Gasteiger partial charge in [-0.05, 0) is 18.2 Å². The fraction of sp³-hybridized carbons (Fsp3) is 0.0909. The molecule has 82 valence electrons. The van der Waals surface area contributed by atoms with Gasteiger partial charge in [0.2, 0.25) is 0 Å². The highest BCUT2D eigenvalue weighted by atomic mass is 35.5. The van der Waals surface area contributed by atoms with Crippen LogP contribution in [0.3, 0.4) is 0 Å². The number of ether oxygens (including phenoxy) is 1. The Morgan fingerprint density at radius 3 is 2.88 bits per heavy atom. The standard InChI is InChI=1S/C11H9ClN2O2/c1-16-11(15)10-8-4-6(12)5-9(13)7(8)2-3-14-10/h2-5H,13H2,1H3. The van der Waals surface area contributed by atoms with Crippen molar-refractivity contribution in [1.29, 1.82) is 0 Å². The van der Waals surface area contributed by atoms with Crippen LogP contribution in [0.15, 0.2) is 24.4 Å². The first kappa shape index (κ1) is 10.7. The van der Waals surface area contributed by atoms with Gasteiger partial charge in [0.25, 0.3) is 0 Å². The van der Waals surface area contributed by atoms with Crippen LogP contribution < -0.4 is 5.73 Å². The van der Waals surface area contributed by atoms with Gasteiger partial charge in [0, 0.05) is 27.7 Å². The van der Waals surface area contributed by atoms with Crippen LogP contribution in [0.25, 0.3) is 10.8 Å². The summed E-state index contributed by atoms with van der Waals surface area (Å²) in [5.74, 6) is -0.507. The summed E-state index contributed by atoms with van der Waals surface area (Å²) in [5, 5.41) is 1.79. The molecule has 4 nitrogen and oxygen atoms in total. The molecule has 0 aliphatic heterocycles. The van der Waals surface area contributed by atoms with E-state index in [2.05, 4.69) is 9.72 Å². The molecule has 0 unspecified atom stereocenters. The van der Waals surface area contributed by atoms with E-state index in [1.165, 1.54) is 13.3 Å². The first-order chi connectivity index (χ1) is 7.63. The molecule has 2 rings (SSSR count). The van der Waals surface area contributed by atoms with Gasteiger partial charge < -0.3 is 10.5 Å². The summed E-state index contributed by atoms with van der Waals surface area (Å²) in [4.78, 5) is 15.5. The Kier molecular flexibility index (Phi) is 2.66. The van der Waals surface area contributed by atoms with Crippen molar-refractivity contribution < 1.29 is 9.53 Å². The van der Waals surface area contributed by atoms with Gasteiger partial charge in [-0.2, -0.15) is 0 Å². The molecule has 0 aliphatic carbocycles. The summed E-state index contributed by atoms with van der Waals surface area (Å²) < 4.78 is 4.64. The van der Waals surface area contributed by atoms with E-state index in [0.717, 1.165) is 5.39 Å². The number of fused-ring (bicyclic) bond motifs is 1. The third kappa shape index (κ3) is 1.67. The predicted molar refractivity (Wildman–Crippen MR) is 62.5 cm³/mol. The van der Waals surface area contributed by atoms with E-state index in [-0.39, 0.29) is 5.69 Å². The molecule has 0 radical (unpaired) electrons. The number of carbonyl (C=O) groups is 1. The van der Waals surface area contributed by atoms with Gasteiger partial charge in [-0.1, -0.05) is 11.6 Å². The quantitative estimate of drug-likeness (QED) is 0.609. The number of halogens is 1. The molecule has 0 amide bonds. The Balaban J connectivity index is 2.81. The highest BCUT2D eigenvalue weighted by molar-refractivity contribution is 6.32. The maximum atomic E-state index is 11.5. The highest BCUT2D eigenvalue weighted by Crippen LogP contribution is 2.27. The topological polar surface area (TPSA) is 65.2 Å². The summed E-state index contributed by atoms with van der Waals surface area (Å²) in [6.45, 7) is 0. The summed E-state index contributed by atoms with van der Waals surface area (Å²) in [5.41, 5.74) is 6.53. The molecule has 1 aromatic carbocycles. The summed E-state index contributed by atoms with van der Waals surface area (Å²) in [6.07, 6.45) is 1.51. The minimum atomic E-state index is -0.507. The second-order valence-electron chi connectivity index (χ2n) is 3.24. The Labute approximate surface area is 97.0 Å². The minimum Gasteiger partial charge on any atom is -0.464 e. The highest BCUT2D eigenvalue weighted by Gasteiger charge is 2.13. The van der Waals surface area contributed by atoms with Crippen LogP contribution in [-0.2, 0) is 4.74 Å². The third-order valence-corrected chi connectivity index (χ3v) is 2.47. The molecule has 0 aliphatic rings. The van der Waals surface area contributed by atoms with Crippen LogP contribution in [0.4, 0.5) is 5.69 Å². The third-order valence-electron chi connectivity index (χ3n) is 2.26. The van der Waals surface area contributed by atoms with Crippen molar-refractivity contribution in [3.63, 3.8) is 0 Å². The SMILES string of the molecule is COC(=O)c1nccc2c(N)cc(Cl)cc12. The lowest BCUT2D eigenvalue weighted by molar-refractivity contribution is 0.0596. The second kappa shape index (κ2) is 3.98. The van der Waals surface area contributed by atoms with Crippen molar-refractivity contribution in [3.8, 4) is 0 Å². The zero-order valence-corrected chi connectivity index (χ0v) is 9.28. The first-order valence-electron chi connectivity index (χ1n) is 4.55. The Hall–Kier alpha value is -1.81. The van der Waals surface area contributed by atoms with Crippen molar-refractivity contribution in [2.75, 3.05) is 12.8 Å². The van der Waals surface area contributed by atoms with Crippen molar-refractivity contribution in [3.05, 3.63) is 35.1 Å². The molecule has 0 saturated heterocycles. The molecule has 0 fully saturated rings. The van der Waals surface area contributed by atoms with Crippen molar-refractivity contribution >= 4 is 34.0 Å².